The molecule has 0 spiro atoms. The van der Waals surface area contributed by atoms with Gasteiger partial charge in [-0.3, -0.25) is 4.79 Å². The van der Waals surface area contributed by atoms with Gasteiger partial charge < -0.3 is 15.0 Å². The number of amides is 1. The number of methoxy groups -OCH3 is 1. The van der Waals surface area contributed by atoms with E-state index in [9.17, 15) is 13.2 Å². The highest BCUT2D eigenvalue weighted by Crippen LogP contribution is 2.26. The minimum Gasteiger partial charge on any atom is -0.496 e. The molecular weight excluding hydrogens is 394 g/mol. The topological polar surface area (TPSA) is 105 Å². The summed E-state index contributed by atoms with van der Waals surface area (Å²) in [4.78, 5) is 22.8. The lowest BCUT2D eigenvalue weighted by atomic mass is 10.2. The lowest BCUT2D eigenvalue weighted by Gasteiger charge is -2.35. The van der Waals surface area contributed by atoms with E-state index < -0.39 is 15.9 Å². The molecule has 29 heavy (non-hydrogen) atoms. The summed E-state index contributed by atoms with van der Waals surface area (Å²) in [5, 5.41) is 2.50. The number of benzene rings is 1. The van der Waals surface area contributed by atoms with Crippen molar-refractivity contribution in [3.8, 4) is 5.75 Å². The van der Waals surface area contributed by atoms with Crippen LogP contribution in [0.4, 0.5) is 5.82 Å². The maximum atomic E-state index is 13.1. The van der Waals surface area contributed by atoms with Gasteiger partial charge in [0.05, 0.1) is 17.6 Å². The number of nitrogens with zero attached hydrogens (tertiary/aromatic N) is 4. The zero-order valence-electron chi connectivity index (χ0n) is 17.0. The Labute approximate surface area is 170 Å². The molecule has 156 valence electrons. The van der Waals surface area contributed by atoms with Gasteiger partial charge in [-0.25, -0.2) is 18.4 Å². The molecule has 1 fully saturated rings. The van der Waals surface area contributed by atoms with E-state index in [-0.39, 0.29) is 10.5 Å². The molecule has 3 rings (SSSR count). The Morgan fingerprint density at radius 2 is 1.83 bits per heavy atom. The minimum atomic E-state index is -3.74. The molecule has 1 saturated heterocycles. The van der Waals surface area contributed by atoms with Crippen LogP contribution in [0.25, 0.3) is 0 Å². The number of aryl methyl sites for hydroxylation is 1. The van der Waals surface area contributed by atoms with Crippen LogP contribution in [0.15, 0.2) is 29.4 Å². The summed E-state index contributed by atoms with van der Waals surface area (Å²) in [6.07, 6.45) is 1.53. The van der Waals surface area contributed by atoms with Gasteiger partial charge in [-0.1, -0.05) is 0 Å². The first-order valence-electron chi connectivity index (χ1n) is 9.23. The molecule has 0 saturated carbocycles. The van der Waals surface area contributed by atoms with Crippen LogP contribution in [0, 0.1) is 13.8 Å². The van der Waals surface area contributed by atoms with Crippen LogP contribution in [-0.2, 0) is 10.0 Å². The fourth-order valence-corrected chi connectivity index (χ4v) is 4.74. The number of hydrogen-bond acceptors (Lipinski definition) is 7. The maximum absolute atomic E-state index is 13.1. The molecule has 2 aromatic rings. The maximum Gasteiger partial charge on any atom is 0.254 e. The van der Waals surface area contributed by atoms with E-state index in [2.05, 4.69) is 20.2 Å². The number of ether oxygens (including phenoxy) is 1. The minimum absolute atomic E-state index is 0.0689. The number of carbonyl (C=O) groups is 1. The average Bonchev–Trinajstić information content (AvgIpc) is 2.74. The van der Waals surface area contributed by atoms with E-state index >= 15 is 0 Å². The summed E-state index contributed by atoms with van der Waals surface area (Å²) in [5.74, 6) is 0.752. The zero-order chi connectivity index (χ0) is 21.2. The van der Waals surface area contributed by atoms with Gasteiger partial charge in [-0.2, -0.15) is 4.31 Å². The molecule has 1 aromatic carbocycles. The summed E-state index contributed by atoms with van der Waals surface area (Å²) in [6, 6.07) is 4.32. The quantitative estimate of drug-likeness (QED) is 0.770. The van der Waals surface area contributed by atoms with Gasteiger partial charge in [0.15, 0.2) is 0 Å². The number of piperazine rings is 1. The molecule has 1 N–H and O–H groups in total. The molecule has 9 nitrogen and oxygen atoms in total. The molecule has 10 heteroatoms. The Bertz CT molecular complexity index is 1020. The Morgan fingerprint density at radius 3 is 2.45 bits per heavy atom. The molecule has 0 bridgehead atoms. The third-order valence-corrected chi connectivity index (χ3v) is 7.02. The Balaban J connectivity index is 1.81. The Kier molecular flexibility index (Phi) is 6.04. The van der Waals surface area contributed by atoms with E-state index in [1.54, 1.807) is 0 Å². The van der Waals surface area contributed by atoms with Gasteiger partial charge in [0.2, 0.25) is 10.0 Å². The number of nitrogens with one attached hydrogen (secondary N) is 1. The molecule has 0 atom stereocenters. The molecule has 1 aliphatic rings. The van der Waals surface area contributed by atoms with Crippen molar-refractivity contribution in [2.24, 2.45) is 0 Å². The summed E-state index contributed by atoms with van der Waals surface area (Å²) in [5.41, 5.74) is 2.08. The van der Waals surface area contributed by atoms with Crippen molar-refractivity contribution in [3.63, 3.8) is 0 Å². The predicted octanol–water partition coefficient (Wildman–Crippen LogP) is 0.973. The molecule has 0 aliphatic carbocycles. The highest BCUT2D eigenvalue weighted by Gasteiger charge is 2.30. The summed E-state index contributed by atoms with van der Waals surface area (Å²) >= 11 is 0. The highest BCUT2D eigenvalue weighted by atomic mass is 32.2. The van der Waals surface area contributed by atoms with Crippen molar-refractivity contribution in [2.75, 3.05) is 45.2 Å². The monoisotopic (exact) mass is 419 g/mol. The van der Waals surface area contributed by atoms with Crippen LogP contribution in [0.3, 0.4) is 0 Å². The zero-order valence-corrected chi connectivity index (χ0v) is 17.8. The largest absolute Gasteiger partial charge is 0.496 e. The van der Waals surface area contributed by atoms with Crippen molar-refractivity contribution >= 4 is 21.7 Å². The molecular formula is C19H25N5O4S. The average molecular weight is 420 g/mol. The number of rotatable bonds is 5. The van der Waals surface area contributed by atoms with E-state index in [1.165, 1.54) is 43.0 Å². The first kappa shape index (κ1) is 21.0. The second-order valence-corrected chi connectivity index (χ2v) is 8.68. The standard InChI is InChI=1S/C19H25N5O4S/c1-13-14(2)21-12-22-18(13)23-7-9-24(10-8-23)29(26,27)15-5-6-17(28-4)16(11-15)19(25)20-3/h5-6,11-12H,7-10H2,1-4H3,(H,20,25). The Morgan fingerprint density at radius 1 is 1.14 bits per heavy atom. The molecule has 1 aliphatic heterocycles. The molecule has 0 radical (unpaired) electrons. The third kappa shape index (κ3) is 4.03. The van der Waals surface area contributed by atoms with Gasteiger partial charge >= 0.3 is 0 Å². The molecule has 2 heterocycles. The first-order valence-corrected chi connectivity index (χ1v) is 10.7. The molecule has 0 unspecified atom stereocenters. The van der Waals surface area contributed by atoms with Gasteiger partial charge in [0, 0.05) is 44.5 Å². The Hall–Kier alpha value is -2.72. The normalized spacial score (nSPS) is 15.2. The predicted molar refractivity (Wildman–Crippen MR) is 109 cm³/mol. The van der Waals surface area contributed by atoms with Gasteiger partial charge in [-0.05, 0) is 32.0 Å². The van der Waals surface area contributed by atoms with Crippen molar-refractivity contribution in [3.05, 3.63) is 41.3 Å². The van der Waals surface area contributed by atoms with Crippen LogP contribution in [0.5, 0.6) is 5.75 Å². The van der Waals surface area contributed by atoms with Crippen LogP contribution < -0.4 is 15.0 Å². The van der Waals surface area contributed by atoms with Crippen molar-refractivity contribution in [2.45, 2.75) is 18.7 Å². The van der Waals surface area contributed by atoms with E-state index in [4.69, 9.17) is 4.74 Å². The van der Waals surface area contributed by atoms with Crippen molar-refractivity contribution < 1.29 is 17.9 Å². The smallest absolute Gasteiger partial charge is 0.254 e. The summed E-state index contributed by atoms with van der Waals surface area (Å²) < 4.78 is 32.9. The lowest BCUT2D eigenvalue weighted by molar-refractivity contribution is 0.0960. The number of hydrogen-bond donors (Lipinski definition) is 1. The second kappa shape index (κ2) is 8.34. The number of sulfonamides is 1. The van der Waals surface area contributed by atoms with Crippen molar-refractivity contribution in [1.82, 2.24) is 19.6 Å². The van der Waals surface area contributed by atoms with Crippen LogP contribution in [0.1, 0.15) is 21.6 Å². The SMILES string of the molecule is CNC(=O)c1cc(S(=O)(=O)N2CCN(c3ncnc(C)c3C)CC2)ccc1OC. The van der Waals surface area contributed by atoms with E-state index in [1.807, 2.05) is 13.8 Å². The second-order valence-electron chi connectivity index (χ2n) is 6.74. The summed E-state index contributed by atoms with van der Waals surface area (Å²) in [7, 11) is -0.815. The van der Waals surface area contributed by atoms with Crippen LogP contribution in [0.2, 0.25) is 0 Å². The van der Waals surface area contributed by atoms with E-state index in [0.717, 1.165) is 17.1 Å². The number of carbonyl (C=O) groups excluding carboxylic acids is 1. The highest BCUT2D eigenvalue weighted by molar-refractivity contribution is 7.89. The fraction of sp³-hybridized carbons (Fsp3) is 0.421. The van der Waals surface area contributed by atoms with Gasteiger partial charge in [0.1, 0.15) is 17.9 Å². The van der Waals surface area contributed by atoms with Gasteiger partial charge in [0.25, 0.3) is 5.91 Å². The van der Waals surface area contributed by atoms with Gasteiger partial charge in [-0.15, -0.1) is 0 Å². The number of anilines is 1. The van der Waals surface area contributed by atoms with Crippen LogP contribution >= 0.6 is 0 Å². The third-order valence-electron chi connectivity index (χ3n) is 5.13. The van der Waals surface area contributed by atoms with E-state index in [0.29, 0.717) is 31.9 Å². The fourth-order valence-electron chi connectivity index (χ4n) is 3.29. The summed E-state index contributed by atoms with van der Waals surface area (Å²) in [6.45, 7) is 5.59. The molecule has 1 amide bonds. The number of aromatic nitrogens is 2. The van der Waals surface area contributed by atoms with Crippen LogP contribution in [-0.4, -0.2) is 68.9 Å². The van der Waals surface area contributed by atoms with Crippen molar-refractivity contribution in [1.29, 1.82) is 0 Å². The lowest BCUT2D eigenvalue weighted by Crippen LogP contribution is -2.49. The molecule has 1 aromatic heterocycles. The first-order chi connectivity index (χ1) is 13.8.